The molecule has 0 spiro atoms. The van der Waals surface area contributed by atoms with Crippen molar-refractivity contribution in [2.75, 3.05) is 0 Å². The molecule has 3 heterocycles. The summed E-state index contributed by atoms with van der Waals surface area (Å²) < 4.78 is 26.1. The molecule has 0 aliphatic heterocycles. The summed E-state index contributed by atoms with van der Waals surface area (Å²) in [4.78, 5) is 10.9. The van der Waals surface area contributed by atoms with Gasteiger partial charge in [-0.1, -0.05) is 189 Å². The second-order valence-electron chi connectivity index (χ2n) is 22.0. The number of benzene rings is 9. The van der Waals surface area contributed by atoms with Crippen molar-refractivity contribution in [3.05, 3.63) is 204 Å². The Bertz CT molecular complexity index is 4360. The third-order valence-corrected chi connectivity index (χ3v) is 17.7. The minimum absolute atomic E-state index is 0.179. The number of nitrogens with zero attached hydrogens (tertiary/aromatic N) is 4. The molecule has 3 aromatic heterocycles. The van der Waals surface area contributed by atoms with Crippen LogP contribution in [-0.4, -0.2) is 19.1 Å². The molecule has 4 heteroatoms. The lowest BCUT2D eigenvalue weighted by Crippen LogP contribution is -2.42. The Morgan fingerprint density at radius 1 is 0.429 bits per heavy atom. The minimum atomic E-state index is -0.421. The molecule has 2 aliphatic carbocycles. The van der Waals surface area contributed by atoms with Crippen LogP contribution in [0.5, 0.6) is 0 Å². The number of hydrogen-bond donors (Lipinski definition) is 0. The summed E-state index contributed by atoms with van der Waals surface area (Å²) >= 11 is 0. The molecule has 0 unspecified atom stereocenters. The number of rotatable bonds is 4. The SMILES string of the molecule is [2H]c1c(-c2ccc3c(c2)c2ccccc2n3-c2nc(-c3ccccc3)c3ccc4ccccc4c3n2)c(-n2c3ccccc3c3c4c(ccc32)C(C)(C)c2ccccc2-4)c([2H])c2c1C(C)(C)C(C)(C)C2(C)C. The van der Waals surface area contributed by atoms with Crippen LogP contribution in [0.1, 0.15) is 80.4 Å². The number of aromatic nitrogens is 4. The van der Waals surface area contributed by atoms with Crippen molar-refractivity contribution in [3.8, 4) is 45.1 Å². The Morgan fingerprint density at radius 3 is 1.84 bits per heavy atom. The molecule has 9 aromatic carbocycles. The smallest absolute Gasteiger partial charge is 0.235 e. The lowest BCUT2D eigenvalue weighted by molar-refractivity contribution is 0.125. The minimum Gasteiger partial charge on any atom is -0.309 e. The van der Waals surface area contributed by atoms with E-state index >= 15 is 0 Å². The summed E-state index contributed by atoms with van der Waals surface area (Å²) in [5.41, 5.74) is 15.1. The third-order valence-electron chi connectivity index (χ3n) is 17.7. The van der Waals surface area contributed by atoms with Gasteiger partial charge in [-0.15, -0.1) is 0 Å². The predicted molar refractivity (Wildman–Crippen MR) is 294 cm³/mol. The van der Waals surface area contributed by atoms with Gasteiger partial charge in [0.25, 0.3) is 0 Å². The van der Waals surface area contributed by atoms with E-state index in [9.17, 15) is 2.74 Å². The van der Waals surface area contributed by atoms with Crippen LogP contribution < -0.4 is 0 Å². The van der Waals surface area contributed by atoms with Crippen molar-refractivity contribution < 1.29 is 2.74 Å². The highest BCUT2D eigenvalue weighted by atomic mass is 15.2. The van der Waals surface area contributed by atoms with E-state index in [-0.39, 0.29) is 10.8 Å². The van der Waals surface area contributed by atoms with E-state index in [0.29, 0.717) is 18.0 Å². The van der Waals surface area contributed by atoms with Crippen LogP contribution in [0.2, 0.25) is 0 Å². The van der Waals surface area contributed by atoms with E-state index in [1.807, 2.05) is 6.07 Å². The molecule has 14 rings (SSSR count). The van der Waals surface area contributed by atoms with Gasteiger partial charge in [0, 0.05) is 48.9 Å². The highest BCUT2D eigenvalue weighted by Gasteiger charge is 2.57. The maximum absolute atomic E-state index is 10.8. The zero-order valence-corrected chi connectivity index (χ0v) is 41.0. The summed E-state index contributed by atoms with van der Waals surface area (Å²) in [6, 6.07) is 61.5. The second kappa shape index (κ2) is 13.9. The summed E-state index contributed by atoms with van der Waals surface area (Å²) in [7, 11) is 0. The molecule has 338 valence electrons. The second-order valence-corrected chi connectivity index (χ2v) is 22.0. The molecule has 2 aliphatic rings. The van der Waals surface area contributed by atoms with Crippen LogP contribution in [0.3, 0.4) is 0 Å². The first-order valence-corrected chi connectivity index (χ1v) is 24.8. The Hall–Kier alpha value is -7.82. The summed E-state index contributed by atoms with van der Waals surface area (Å²) in [6.07, 6.45) is 0. The Balaban J connectivity index is 1.09. The van der Waals surface area contributed by atoms with E-state index in [4.69, 9.17) is 9.97 Å². The van der Waals surface area contributed by atoms with Gasteiger partial charge in [-0.25, -0.2) is 9.97 Å². The van der Waals surface area contributed by atoms with Crippen molar-refractivity contribution in [1.29, 1.82) is 0 Å². The summed E-state index contributed by atoms with van der Waals surface area (Å²) in [5, 5.41) is 7.63. The van der Waals surface area contributed by atoms with E-state index < -0.39 is 10.8 Å². The zero-order chi connectivity index (χ0) is 49.4. The molecule has 0 saturated carbocycles. The van der Waals surface area contributed by atoms with Crippen molar-refractivity contribution in [2.45, 2.75) is 71.6 Å². The van der Waals surface area contributed by atoms with Crippen molar-refractivity contribution >= 4 is 65.3 Å². The molecule has 0 N–H and O–H groups in total. The normalized spacial score (nSPS) is 16.6. The van der Waals surface area contributed by atoms with Crippen LogP contribution >= 0.6 is 0 Å². The van der Waals surface area contributed by atoms with Crippen LogP contribution in [0.4, 0.5) is 0 Å². The van der Waals surface area contributed by atoms with E-state index in [2.05, 4.69) is 228 Å². The van der Waals surface area contributed by atoms with Crippen LogP contribution in [0.25, 0.3) is 110 Å². The molecule has 0 radical (unpaired) electrons. The van der Waals surface area contributed by atoms with Gasteiger partial charge in [0.05, 0.1) is 41.7 Å². The first-order chi connectivity index (χ1) is 34.6. The summed E-state index contributed by atoms with van der Waals surface area (Å²) in [5.74, 6) is 0.596. The lowest BCUT2D eigenvalue weighted by Gasteiger charge is -2.44. The van der Waals surface area contributed by atoms with E-state index in [1.165, 1.54) is 27.6 Å². The molecular weight excluding hydrogens is 849 g/mol. The largest absolute Gasteiger partial charge is 0.309 e. The van der Waals surface area contributed by atoms with E-state index in [1.54, 1.807) is 0 Å². The average molecular weight is 905 g/mol. The fourth-order valence-corrected chi connectivity index (χ4v) is 12.8. The molecular formula is C66H54N4. The third kappa shape index (κ3) is 5.21. The Kier molecular flexibility index (Phi) is 7.77. The predicted octanol–water partition coefficient (Wildman–Crippen LogP) is 17.2. The van der Waals surface area contributed by atoms with Gasteiger partial charge in [-0.3, -0.25) is 4.57 Å². The number of para-hydroxylation sites is 2. The van der Waals surface area contributed by atoms with Gasteiger partial charge in [-0.2, -0.15) is 0 Å². The lowest BCUT2D eigenvalue weighted by atomic mass is 9.59. The zero-order valence-electron chi connectivity index (χ0n) is 43.0. The Morgan fingerprint density at radius 2 is 1.06 bits per heavy atom. The highest BCUT2D eigenvalue weighted by molar-refractivity contribution is 6.19. The molecule has 0 saturated heterocycles. The van der Waals surface area contributed by atoms with Crippen molar-refractivity contribution in [3.63, 3.8) is 0 Å². The molecule has 0 bridgehead atoms. The number of fused-ring (bicyclic) bond motifs is 14. The van der Waals surface area contributed by atoms with Gasteiger partial charge in [0.2, 0.25) is 5.95 Å². The first-order valence-electron chi connectivity index (χ1n) is 25.8. The van der Waals surface area contributed by atoms with E-state index in [0.717, 1.165) is 99.1 Å². The Labute approximate surface area is 411 Å². The first kappa shape index (κ1) is 39.1. The molecule has 70 heavy (non-hydrogen) atoms. The van der Waals surface area contributed by atoms with Crippen LogP contribution in [-0.2, 0) is 16.2 Å². The molecule has 4 nitrogen and oxygen atoms in total. The molecule has 0 atom stereocenters. The molecule has 0 amide bonds. The standard InChI is InChI=1S/C66H54N4/c1-63(2)49-27-17-14-25-44(49)58-50(63)33-35-56-59(58)45-26-16-19-29-54(45)69(56)57-38-52-51(64(3,4)66(7,8)65(52,5)6)37-47(57)41-31-34-55-48(36-41)43-24-15-18-28-53(43)70(55)62-67-60(40-21-10-9-11-22-40)46-32-30-39-20-12-13-23-42(39)61(46)68-62/h9-38H,1-8H3/i37D,38D. The monoisotopic (exact) mass is 904 g/mol. The fraction of sp³-hybridized carbons (Fsp3) is 0.182. The molecule has 12 aromatic rings. The van der Waals surface area contributed by atoms with Crippen LogP contribution in [0, 0.1) is 5.41 Å². The topological polar surface area (TPSA) is 35.6 Å². The van der Waals surface area contributed by atoms with Gasteiger partial charge in [0.1, 0.15) is 0 Å². The van der Waals surface area contributed by atoms with Crippen molar-refractivity contribution in [2.24, 2.45) is 5.41 Å². The van der Waals surface area contributed by atoms with Crippen molar-refractivity contribution in [1.82, 2.24) is 19.1 Å². The highest BCUT2D eigenvalue weighted by Crippen LogP contribution is 2.63. The maximum Gasteiger partial charge on any atom is 0.235 e. The number of hydrogen-bond acceptors (Lipinski definition) is 2. The van der Waals surface area contributed by atoms with Gasteiger partial charge in [0.15, 0.2) is 0 Å². The van der Waals surface area contributed by atoms with Gasteiger partial charge in [-0.05, 0) is 109 Å². The summed E-state index contributed by atoms with van der Waals surface area (Å²) in [6.45, 7) is 18.5. The average Bonchev–Trinajstić information content (AvgIpc) is 4.01. The maximum atomic E-state index is 10.8. The fourth-order valence-electron chi connectivity index (χ4n) is 12.8. The van der Waals surface area contributed by atoms with Gasteiger partial charge >= 0.3 is 0 Å². The quantitative estimate of drug-likeness (QED) is 0.165. The van der Waals surface area contributed by atoms with Gasteiger partial charge < -0.3 is 4.57 Å². The molecule has 0 fully saturated rings. The van der Waals surface area contributed by atoms with Crippen LogP contribution in [0.15, 0.2) is 182 Å².